The van der Waals surface area contributed by atoms with Crippen molar-refractivity contribution in [3.05, 3.63) is 0 Å². The first-order valence-electron chi connectivity index (χ1n) is 8.43. The molecule has 1 saturated carbocycles. The van der Waals surface area contributed by atoms with Crippen LogP contribution in [0.25, 0.3) is 0 Å². The number of ether oxygens (including phenoxy) is 1. The van der Waals surface area contributed by atoms with Crippen molar-refractivity contribution in [1.29, 1.82) is 0 Å². The van der Waals surface area contributed by atoms with E-state index in [1.165, 1.54) is 0 Å². The SMILES string of the molecule is CNC(=O)C1(C(=O)N2CCN(C3CCOCC3)C[C@H]2C)CC1. The van der Waals surface area contributed by atoms with Gasteiger partial charge in [0.1, 0.15) is 5.41 Å². The summed E-state index contributed by atoms with van der Waals surface area (Å²) >= 11 is 0. The zero-order chi connectivity index (χ0) is 15.7. The number of carbonyl (C=O) groups excluding carboxylic acids is 2. The fourth-order valence-corrected chi connectivity index (χ4v) is 3.85. The molecule has 2 saturated heterocycles. The van der Waals surface area contributed by atoms with E-state index in [9.17, 15) is 9.59 Å². The Labute approximate surface area is 132 Å². The molecule has 2 aliphatic heterocycles. The summed E-state index contributed by atoms with van der Waals surface area (Å²) in [6.45, 7) is 6.33. The predicted molar refractivity (Wildman–Crippen MR) is 82.3 cm³/mol. The molecule has 22 heavy (non-hydrogen) atoms. The normalized spacial score (nSPS) is 29.2. The molecule has 0 aromatic rings. The van der Waals surface area contributed by atoms with Crippen molar-refractivity contribution in [3.63, 3.8) is 0 Å². The molecule has 0 radical (unpaired) electrons. The van der Waals surface area contributed by atoms with Gasteiger partial charge in [-0.1, -0.05) is 0 Å². The third kappa shape index (κ3) is 2.74. The molecule has 3 aliphatic rings. The van der Waals surface area contributed by atoms with Crippen LogP contribution in [0.2, 0.25) is 0 Å². The minimum Gasteiger partial charge on any atom is -0.381 e. The van der Waals surface area contributed by atoms with Crippen LogP contribution >= 0.6 is 0 Å². The van der Waals surface area contributed by atoms with E-state index in [1.54, 1.807) is 7.05 Å². The molecule has 2 amide bonds. The Morgan fingerprint density at radius 1 is 1.18 bits per heavy atom. The molecule has 0 unspecified atom stereocenters. The van der Waals surface area contributed by atoms with Gasteiger partial charge in [0.05, 0.1) is 0 Å². The van der Waals surface area contributed by atoms with Gasteiger partial charge in [0.25, 0.3) is 0 Å². The van der Waals surface area contributed by atoms with Crippen molar-refractivity contribution in [2.24, 2.45) is 5.41 Å². The Morgan fingerprint density at radius 3 is 2.41 bits per heavy atom. The molecule has 0 aromatic heterocycles. The van der Waals surface area contributed by atoms with Gasteiger partial charge in [0.2, 0.25) is 11.8 Å². The van der Waals surface area contributed by atoms with Crippen LogP contribution < -0.4 is 5.32 Å². The van der Waals surface area contributed by atoms with Crippen molar-refractivity contribution < 1.29 is 14.3 Å². The first-order valence-corrected chi connectivity index (χ1v) is 8.43. The summed E-state index contributed by atoms with van der Waals surface area (Å²) in [5.41, 5.74) is -0.760. The third-order valence-electron chi connectivity index (χ3n) is 5.45. The van der Waals surface area contributed by atoms with E-state index in [1.807, 2.05) is 4.90 Å². The van der Waals surface area contributed by atoms with Crippen LogP contribution in [-0.4, -0.2) is 73.6 Å². The van der Waals surface area contributed by atoms with Gasteiger partial charge in [-0.3, -0.25) is 14.5 Å². The highest BCUT2D eigenvalue weighted by Crippen LogP contribution is 2.48. The Kier molecular flexibility index (Phi) is 4.41. The summed E-state index contributed by atoms with van der Waals surface area (Å²) < 4.78 is 5.43. The van der Waals surface area contributed by atoms with Crippen LogP contribution in [0.1, 0.15) is 32.6 Å². The maximum Gasteiger partial charge on any atom is 0.238 e. The van der Waals surface area contributed by atoms with E-state index < -0.39 is 5.41 Å². The van der Waals surface area contributed by atoms with E-state index in [-0.39, 0.29) is 17.9 Å². The van der Waals surface area contributed by atoms with Crippen LogP contribution in [0.15, 0.2) is 0 Å². The molecule has 0 spiro atoms. The average molecular weight is 309 g/mol. The molecule has 2 heterocycles. The maximum atomic E-state index is 12.8. The van der Waals surface area contributed by atoms with Crippen LogP contribution in [0, 0.1) is 5.41 Å². The quantitative estimate of drug-likeness (QED) is 0.758. The fraction of sp³-hybridized carbons (Fsp3) is 0.875. The zero-order valence-electron chi connectivity index (χ0n) is 13.6. The maximum absolute atomic E-state index is 12.8. The first kappa shape index (κ1) is 15.7. The van der Waals surface area contributed by atoms with Crippen LogP contribution in [0.4, 0.5) is 0 Å². The molecule has 6 heteroatoms. The third-order valence-corrected chi connectivity index (χ3v) is 5.45. The second-order valence-corrected chi connectivity index (χ2v) is 6.85. The van der Waals surface area contributed by atoms with Gasteiger partial charge in [-0.2, -0.15) is 0 Å². The lowest BCUT2D eigenvalue weighted by atomic mass is 10.00. The van der Waals surface area contributed by atoms with Crippen molar-refractivity contribution in [2.75, 3.05) is 39.9 Å². The number of hydrogen-bond acceptors (Lipinski definition) is 4. The summed E-state index contributed by atoms with van der Waals surface area (Å²) in [5.74, 6) is -0.0810. The molecular formula is C16H27N3O3. The molecule has 124 valence electrons. The molecule has 3 rings (SSSR count). The van der Waals surface area contributed by atoms with E-state index in [0.29, 0.717) is 18.9 Å². The van der Waals surface area contributed by atoms with Crippen LogP contribution in [0.5, 0.6) is 0 Å². The Balaban J connectivity index is 1.61. The van der Waals surface area contributed by atoms with Crippen molar-refractivity contribution in [2.45, 2.75) is 44.7 Å². The van der Waals surface area contributed by atoms with Gasteiger partial charge in [-0.05, 0) is 32.6 Å². The van der Waals surface area contributed by atoms with Crippen LogP contribution in [0.3, 0.4) is 0 Å². The molecule has 1 N–H and O–H groups in total. The highest BCUT2D eigenvalue weighted by molar-refractivity contribution is 6.07. The summed E-state index contributed by atoms with van der Waals surface area (Å²) in [6.07, 6.45) is 3.56. The second-order valence-electron chi connectivity index (χ2n) is 6.85. The standard InChI is InChI=1S/C16H27N3O3/c1-12-11-18(13-3-9-22-10-4-13)7-8-19(12)15(21)16(5-6-16)14(20)17-2/h12-13H,3-11H2,1-2H3,(H,17,20)/t12-/m1/s1. The minimum atomic E-state index is -0.760. The van der Waals surface area contributed by atoms with E-state index in [0.717, 1.165) is 45.7 Å². The minimum absolute atomic E-state index is 0.0333. The van der Waals surface area contributed by atoms with Crippen molar-refractivity contribution >= 4 is 11.8 Å². The largest absolute Gasteiger partial charge is 0.381 e. The highest BCUT2D eigenvalue weighted by Gasteiger charge is 2.58. The second kappa shape index (κ2) is 6.16. The molecule has 0 aromatic carbocycles. The van der Waals surface area contributed by atoms with E-state index in [2.05, 4.69) is 17.1 Å². The van der Waals surface area contributed by atoms with Gasteiger partial charge >= 0.3 is 0 Å². The number of carbonyl (C=O) groups is 2. The predicted octanol–water partition coefficient (Wildman–Crippen LogP) is 0.224. The van der Waals surface area contributed by atoms with Gasteiger partial charge in [0, 0.05) is 52.0 Å². The smallest absolute Gasteiger partial charge is 0.238 e. The molecular weight excluding hydrogens is 282 g/mol. The molecule has 1 atom stereocenters. The summed E-state index contributed by atoms with van der Waals surface area (Å²) in [5, 5.41) is 2.65. The summed E-state index contributed by atoms with van der Waals surface area (Å²) in [6, 6.07) is 0.758. The number of rotatable bonds is 3. The molecule has 3 fully saturated rings. The molecule has 0 bridgehead atoms. The fourth-order valence-electron chi connectivity index (χ4n) is 3.85. The van der Waals surface area contributed by atoms with Gasteiger partial charge in [-0.25, -0.2) is 0 Å². The lowest BCUT2D eigenvalue weighted by Gasteiger charge is -2.45. The monoisotopic (exact) mass is 309 g/mol. The molecule has 1 aliphatic carbocycles. The first-order chi connectivity index (χ1) is 10.6. The van der Waals surface area contributed by atoms with Gasteiger partial charge in [0.15, 0.2) is 0 Å². The lowest BCUT2D eigenvalue weighted by Crippen LogP contribution is -2.59. The van der Waals surface area contributed by atoms with Gasteiger partial charge in [-0.15, -0.1) is 0 Å². The van der Waals surface area contributed by atoms with Crippen molar-refractivity contribution in [1.82, 2.24) is 15.1 Å². The number of amides is 2. The molecule has 6 nitrogen and oxygen atoms in total. The Morgan fingerprint density at radius 2 is 1.86 bits per heavy atom. The lowest BCUT2D eigenvalue weighted by molar-refractivity contribution is -0.148. The van der Waals surface area contributed by atoms with E-state index in [4.69, 9.17) is 4.74 Å². The number of hydrogen-bond donors (Lipinski definition) is 1. The number of piperazine rings is 1. The topological polar surface area (TPSA) is 61.9 Å². The summed E-state index contributed by atoms with van der Waals surface area (Å²) in [7, 11) is 1.61. The number of nitrogens with one attached hydrogen (secondary N) is 1. The number of nitrogens with zero attached hydrogens (tertiary/aromatic N) is 2. The zero-order valence-corrected chi connectivity index (χ0v) is 13.6. The van der Waals surface area contributed by atoms with E-state index >= 15 is 0 Å². The van der Waals surface area contributed by atoms with Crippen molar-refractivity contribution in [3.8, 4) is 0 Å². The Bertz CT molecular complexity index is 444. The average Bonchev–Trinajstić information content (AvgIpc) is 3.36. The highest BCUT2D eigenvalue weighted by atomic mass is 16.5. The Hall–Kier alpha value is -1.14. The van der Waals surface area contributed by atoms with Crippen LogP contribution in [-0.2, 0) is 14.3 Å². The van der Waals surface area contributed by atoms with Gasteiger partial charge < -0.3 is 15.0 Å². The summed E-state index contributed by atoms with van der Waals surface area (Å²) in [4.78, 5) is 29.2.